The van der Waals surface area contributed by atoms with Crippen LogP contribution >= 0.6 is 34.8 Å². The number of carbonyl (C=O) groups is 1. The van der Waals surface area contributed by atoms with Gasteiger partial charge in [-0.15, -0.1) is 11.6 Å². The van der Waals surface area contributed by atoms with E-state index in [0.717, 1.165) is 0 Å². The fourth-order valence-electron chi connectivity index (χ4n) is 0.927. The van der Waals surface area contributed by atoms with Crippen molar-refractivity contribution in [2.75, 3.05) is 11.2 Å². The number of aromatic nitrogens is 1. The molecule has 1 aromatic heterocycles. The van der Waals surface area contributed by atoms with Gasteiger partial charge in [0.25, 0.3) is 0 Å². The number of hydrogen-bond acceptors (Lipinski definition) is 2. The first-order chi connectivity index (χ1) is 7.04. The second-order valence-corrected chi connectivity index (χ2v) is 4.07. The molecule has 0 saturated carbocycles. The Kier molecular flexibility index (Phi) is 4.64. The molecule has 0 bridgehead atoms. The fourth-order valence-corrected chi connectivity index (χ4v) is 1.50. The summed E-state index contributed by atoms with van der Waals surface area (Å²) in [5.41, 5.74) is 0.613. The smallest absolute Gasteiger partial charge is 0.226 e. The van der Waals surface area contributed by atoms with E-state index in [2.05, 4.69) is 10.3 Å². The van der Waals surface area contributed by atoms with Gasteiger partial charge in [-0.3, -0.25) is 4.79 Å². The number of alkyl halides is 1. The molecule has 0 aliphatic heterocycles. The van der Waals surface area contributed by atoms with Crippen LogP contribution in [0.4, 0.5) is 5.82 Å². The maximum atomic E-state index is 11.2. The molecule has 0 aliphatic carbocycles. The lowest BCUT2D eigenvalue weighted by molar-refractivity contribution is -0.115. The normalized spacial score (nSPS) is 10.1. The Bertz CT molecular complexity index is 382. The van der Waals surface area contributed by atoms with E-state index in [4.69, 9.17) is 34.8 Å². The zero-order chi connectivity index (χ0) is 11.4. The van der Waals surface area contributed by atoms with E-state index < -0.39 is 0 Å². The van der Waals surface area contributed by atoms with Gasteiger partial charge in [0.1, 0.15) is 0 Å². The number of pyridine rings is 1. The van der Waals surface area contributed by atoms with E-state index in [1.54, 1.807) is 13.0 Å². The summed E-state index contributed by atoms with van der Waals surface area (Å²) >= 11 is 17.1. The van der Waals surface area contributed by atoms with Crippen LogP contribution in [0.5, 0.6) is 0 Å². The van der Waals surface area contributed by atoms with Gasteiger partial charge in [-0.25, -0.2) is 4.98 Å². The summed E-state index contributed by atoms with van der Waals surface area (Å²) in [5.74, 6) is 0.352. The van der Waals surface area contributed by atoms with Crippen molar-refractivity contribution < 1.29 is 4.79 Å². The molecule has 0 unspecified atom stereocenters. The number of amides is 1. The highest BCUT2D eigenvalue weighted by molar-refractivity contribution is 6.36. The van der Waals surface area contributed by atoms with Gasteiger partial charge in [-0.2, -0.15) is 0 Å². The van der Waals surface area contributed by atoms with E-state index in [-0.39, 0.29) is 18.2 Å². The van der Waals surface area contributed by atoms with Crippen molar-refractivity contribution in [3.63, 3.8) is 0 Å². The highest BCUT2D eigenvalue weighted by Crippen LogP contribution is 2.25. The maximum Gasteiger partial charge on any atom is 0.226 e. The minimum absolute atomic E-state index is 0.221. The van der Waals surface area contributed by atoms with Crippen molar-refractivity contribution in [2.45, 2.75) is 13.3 Å². The van der Waals surface area contributed by atoms with Gasteiger partial charge in [0.2, 0.25) is 5.91 Å². The summed E-state index contributed by atoms with van der Waals surface area (Å²) in [6.45, 7) is 1.73. The lowest BCUT2D eigenvalue weighted by Gasteiger charge is -2.07. The average molecular weight is 268 g/mol. The van der Waals surface area contributed by atoms with Gasteiger partial charge in [0.05, 0.1) is 15.7 Å². The van der Waals surface area contributed by atoms with E-state index >= 15 is 0 Å². The summed E-state index contributed by atoms with van der Waals surface area (Å²) in [6, 6.07) is 1.54. The lowest BCUT2D eigenvalue weighted by atomic mass is 10.3. The molecule has 6 heteroatoms. The van der Waals surface area contributed by atoms with E-state index in [1.807, 2.05) is 0 Å². The Morgan fingerprint density at radius 3 is 2.73 bits per heavy atom. The second kappa shape index (κ2) is 5.54. The number of anilines is 1. The second-order valence-electron chi connectivity index (χ2n) is 2.87. The third-order valence-corrected chi connectivity index (χ3v) is 2.54. The van der Waals surface area contributed by atoms with Crippen molar-refractivity contribution in [3.8, 4) is 0 Å². The maximum absolute atomic E-state index is 11.2. The molecule has 0 saturated heterocycles. The fraction of sp³-hybridized carbons (Fsp3) is 0.333. The summed E-state index contributed by atoms with van der Waals surface area (Å²) < 4.78 is 0. The molecular formula is C9H9Cl3N2O. The largest absolute Gasteiger partial charge is 0.309 e. The first-order valence-corrected chi connectivity index (χ1v) is 5.52. The van der Waals surface area contributed by atoms with Crippen LogP contribution in [-0.4, -0.2) is 16.8 Å². The number of nitrogens with zero attached hydrogens (tertiary/aromatic N) is 1. The number of rotatable bonds is 3. The van der Waals surface area contributed by atoms with Crippen LogP contribution in [0.25, 0.3) is 0 Å². The Morgan fingerprint density at radius 1 is 1.47 bits per heavy atom. The molecule has 1 aromatic rings. The number of carbonyl (C=O) groups excluding carboxylic acids is 1. The average Bonchev–Trinajstić information content (AvgIpc) is 2.14. The molecule has 1 heterocycles. The molecule has 3 nitrogen and oxygen atoms in total. The van der Waals surface area contributed by atoms with Gasteiger partial charge in [0.15, 0.2) is 5.82 Å². The molecule has 0 atom stereocenters. The summed E-state index contributed by atoms with van der Waals surface area (Å²) in [7, 11) is 0. The molecule has 0 radical (unpaired) electrons. The molecule has 1 rings (SSSR count). The molecule has 82 valence electrons. The standard InChI is InChI=1S/C9H9Cl3N2O/c1-5-6(11)4-7(12)9(13-5)14-8(15)2-3-10/h4H,2-3H2,1H3,(H,13,14,15). The predicted molar refractivity (Wildman–Crippen MR) is 63.0 cm³/mol. The molecule has 15 heavy (non-hydrogen) atoms. The Morgan fingerprint density at radius 2 is 2.13 bits per heavy atom. The molecule has 0 aliphatic rings. The van der Waals surface area contributed by atoms with Crippen LogP contribution in [0, 0.1) is 6.92 Å². The molecule has 0 aromatic carbocycles. The Balaban J connectivity index is 2.86. The molecular weight excluding hydrogens is 258 g/mol. The Labute approximate surface area is 103 Å². The number of aryl methyl sites for hydroxylation is 1. The summed E-state index contributed by atoms with van der Waals surface area (Å²) in [4.78, 5) is 15.3. The third-order valence-electron chi connectivity index (χ3n) is 1.68. The van der Waals surface area contributed by atoms with Crippen LogP contribution in [0.2, 0.25) is 10.0 Å². The minimum atomic E-state index is -0.221. The van der Waals surface area contributed by atoms with Crippen LogP contribution in [0.1, 0.15) is 12.1 Å². The lowest BCUT2D eigenvalue weighted by Crippen LogP contribution is -2.13. The van der Waals surface area contributed by atoms with Gasteiger partial charge in [0, 0.05) is 12.3 Å². The SMILES string of the molecule is Cc1nc(NC(=O)CCCl)c(Cl)cc1Cl. The minimum Gasteiger partial charge on any atom is -0.309 e. The monoisotopic (exact) mass is 266 g/mol. The van der Waals surface area contributed by atoms with Crippen molar-refractivity contribution >= 4 is 46.5 Å². The van der Waals surface area contributed by atoms with Crippen molar-refractivity contribution in [2.24, 2.45) is 0 Å². The topological polar surface area (TPSA) is 42.0 Å². The quantitative estimate of drug-likeness (QED) is 0.854. The van der Waals surface area contributed by atoms with Gasteiger partial charge < -0.3 is 5.32 Å². The summed E-state index contributed by atoms with van der Waals surface area (Å²) in [5, 5.41) is 3.34. The van der Waals surface area contributed by atoms with Gasteiger partial charge >= 0.3 is 0 Å². The predicted octanol–water partition coefficient (Wildman–Crippen LogP) is 3.26. The number of nitrogens with one attached hydrogen (secondary N) is 1. The van der Waals surface area contributed by atoms with Crippen LogP contribution in [0.3, 0.4) is 0 Å². The van der Waals surface area contributed by atoms with E-state index in [1.165, 1.54) is 0 Å². The van der Waals surface area contributed by atoms with E-state index in [9.17, 15) is 4.79 Å². The van der Waals surface area contributed by atoms with Crippen LogP contribution in [-0.2, 0) is 4.79 Å². The summed E-state index contributed by atoms with van der Waals surface area (Å²) in [6.07, 6.45) is 0.223. The van der Waals surface area contributed by atoms with Crippen molar-refractivity contribution in [3.05, 3.63) is 21.8 Å². The van der Waals surface area contributed by atoms with E-state index in [0.29, 0.717) is 21.6 Å². The molecule has 1 amide bonds. The molecule has 0 fully saturated rings. The number of halogens is 3. The zero-order valence-electron chi connectivity index (χ0n) is 7.98. The number of hydrogen-bond donors (Lipinski definition) is 1. The zero-order valence-corrected chi connectivity index (χ0v) is 10.2. The van der Waals surface area contributed by atoms with Gasteiger partial charge in [-0.05, 0) is 13.0 Å². The first-order valence-electron chi connectivity index (χ1n) is 4.23. The van der Waals surface area contributed by atoms with Gasteiger partial charge in [-0.1, -0.05) is 23.2 Å². The highest BCUT2D eigenvalue weighted by Gasteiger charge is 2.09. The van der Waals surface area contributed by atoms with Crippen LogP contribution < -0.4 is 5.32 Å². The molecule has 1 N–H and O–H groups in total. The van der Waals surface area contributed by atoms with Crippen molar-refractivity contribution in [1.82, 2.24) is 4.98 Å². The first kappa shape index (κ1) is 12.6. The molecule has 0 spiro atoms. The van der Waals surface area contributed by atoms with Crippen LogP contribution in [0.15, 0.2) is 6.07 Å². The Hall–Kier alpha value is -0.510. The highest BCUT2D eigenvalue weighted by atomic mass is 35.5. The van der Waals surface area contributed by atoms with Crippen molar-refractivity contribution in [1.29, 1.82) is 0 Å². The third kappa shape index (κ3) is 3.52.